The molecule has 2 heterocycles. The first kappa shape index (κ1) is 18.1. The number of thiophene rings is 1. The van der Waals surface area contributed by atoms with Crippen LogP contribution in [-0.4, -0.2) is 43.0 Å². The van der Waals surface area contributed by atoms with Crippen LogP contribution in [0.25, 0.3) is 0 Å². The van der Waals surface area contributed by atoms with E-state index in [-0.39, 0.29) is 11.5 Å². The van der Waals surface area contributed by atoms with Gasteiger partial charge >= 0.3 is 0 Å². The van der Waals surface area contributed by atoms with Crippen LogP contribution in [0.4, 0.5) is 9.39 Å². The van der Waals surface area contributed by atoms with Gasteiger partial charge in [0.1, 0.15) is 10.8 Å². The first-order valence-corrected chi connectivity index (χ1v) is 10.0. The molecule has 1 N–H and O–H groups in total. The van der Waals surface area contributed by atoms with Crippen LogP contribution in [0.2, 0.25) is 0 Å². The third kappa shape index (κ3) is 3.75. The quantitative estimate of drug-likeness (QED) is 0.876. The second kappa shape index (κ2) is 7.78. The molecule has 0 radical (unpaired) electrons. The zero-order chi connectivity index (χ0) is 18.8. The summed E-state index contributed by atoms with van der Waals surface area (Å²) in [7, 11) is 0. The van der Waals surface area contributed by atoms with Crippen LogP contribution >= 0.6 is 11.3 Å². The second-order valence-electron chi connectivity index (χ2n) is 6.78. The van der Waals surface area contributed by atoms with Crippen molar-refractivity contribution in [3.8, 4) is 0 Å². The number of morpholine rings is 1. The zero-order valence-electron chi connectivity index (χ0n) is 14.9. The Hall–Kier alpha value is -2.25. The molecule has 27 heavy (non-hydrogen) atoms. The van der Waals surface area contributed by atoms with Crippen molar-refractivity contribution in [2.24, 2.45) is 0 Å². The van der Waals surface area contributed by atoms with E-state index in [0.717, 1.165) is 31.2 Å². The van der Waals surface area contributed by atoms with E-state index in [1.54, 1.807) is 11.0 Å². The number of carbonyl (C=O) groups excluding carboxylic acids is 2. The summed E-state index contributed by atoms with van der Waals surface area (Å²) in [5.74, 6) is -0.908. The molecular formula is C20H21FN2O3S. The average molecular weight is 388 g/mol. The molecule has 1 fully saturated rings. The van der Waals surface area contributed by atoms with Gasteiger partial charge in [0.25, 0.3) is 11.8 Å². The minimum absolute atomic E-state index is 0.0488. The van der Waals surface area contributed by atoms with Crippen molar-refractivity contribution in [3.05, 3.63) is 51.7 Å². The average Bonchev–Trinajstić information content (AvgIpc) is 3.06. The first-order chi connectivity index (χ1) is 13.1. The monoisotopic (exact) mass is 388 g/mol. The summed E-state index contributed by atoms with van der Waals surface area (Å²) in [6.45, 7) is 2.17. The van der Waals surface area contributed by atoms with Crippen molar-refractivity contribution in [1.82, 2.24) is 4.90 Å². The summed E-state index contributed by atoms with van der Waals surface area (Å²) >= 11 is 1.48. The zero-order valence-corrected chi connectivity index (χ0v) is 15.7. The number of hydrogen-bond acceptors (Lipinski definition) is 4. The van der Waals surface area contributed by atoms with Crippen molar-refractivity contribution in [1.29, 1.82) is 0 Å². The second-order valence-corrected chi connectivity index (χ2v) is 7.89. The summed E-state index contributed by atoms with van der Waals surface area (Å²) in [6.07, 6.45) is 3.92. The van der Waals surface area contributed by atoms with Crippen molar-refractivity contribution in [2.45, 2.75) is 25.7 Å². The van der Waals surface area contributed by atoms with Gasteiger partial charge in [0, 0.05) is 23.5 Å². The van der Waals surface area contributed by atoms with Gasteiger partial charge in [-0.05, 0) is 49.4 Å². The number of fused-ring (bicyclic) bond motifs is 1. The lowest BCUT2D eigenvalue weighted by atomic mass is 9.95. The van der Waals surface area contributed by atoms with E-state index in [1.165, 1.54) is 34.4 Å². The Kier molecular flexibility index (Phi) is 5.22. The van der Waals surface area contributed by atoms with E-state index in [2.05, 4.69) is 5.32 Å². The van der Waals surface area contributed by atoms with Crippen LogP contribution in [0.1, 0.15) is 44.0 Å². The summed E-state index contributed by atoms with van der Waals surface area (Å²) in [6, 6.07) is 5.57. The highest BCUT2D eigenvalue weighted by molar-refractivity contribution is 7.17. The Morgan fingerprint density at radius 3 is 2.70 bits per heavy atom. The van der Waals surface area contributed by atoms with Crippen LogP contribution in [-0.2, 0) is 17.6 Å². The summed E-state index contributed by atoms with van der Waals surface area (Å²) in [5.41, 5.74) is 1.92. The molecule has 1 aliphatic heterocycles. The molecule has 5 nitrogen and oxygen atoms in total. The molecular weight excluding hydrogens is 367 g/mol. The van der Waals surface area contributed by atoms with Crippen LogP contribution in [0.3, 0.4) is 0 Å². The largest absolute Gasteiger partial charge is 0.378 e. The van der Waals surface area contributed by atoms with Gasteiger partial charge in [0.15, 0.2) is 0 Å². The number of carbonyl (C=O) groups is 2. The minimum atomic E-state index is -0.460. The minimum Gasteiger partial charge on any atom is -0.378 e. The summed E-state index contributed by atoms with van der Waals surface area (Å²) in [5, 5.41) is 3.44. The van der Waals surface area contributed by atoms with Gasteiger partial charge in [-0.15, -0.1) is 11.3 Å². The van der Waals surface area contributed by atoms with Gasteiger partial charge < -0.3 is 15.0 Å². The van der Waals surface area contributed by atoms with Crippen LogP contribution in [0, 0.1) is 5.82 Å². The molecule has 1 aromatic heterocycles. The van der Waals surface area contributed by atoms with E-state index in [1.807, 2.05) is 0 Å². The number of amides is 2. The van der Waals surface area contributed by atoms with Crippen molar-refractivity contribution in [2.75, 3.05) is 31.6 Å². The van der Waals surface area contributed by atoms with Gasteiger partial charge in [-0.25, -0.2) is 4.39 Å². The molecule has 4 rings (SSSR count). The number of nitrogens with zero attached hydrogens (tertiary/aromatic N) is 1. The third-order valence-electron chi connectivity index (χ3n) is 5.00. The molecule has 2 aliphatic rings. The Morgan fingerprint density at radius 2 is 1.93 bits per heavy atom. The van der Waals surface area contributed by atoms with E-state index in [9.17, 15) is 14.0 Å². The standard InChI is InChI=1S/C20H21FN2O3S/c21-14-5-3-4-13(12-14)18(24)22-19-17(15-6-1-2-7-16(15)27-19)20(25)23-8-10-26-11-9-23/h3-5,12H,1-2,6-11H2,(H,22,24). The molecule has 0 atom stereocenters. The van der Waals surface area contributed by atoms with Crippen LogP contribution < -0.4 is 5.32 Å². The highest BCUT2D eigenvalue weighted by Crippen LogP contribution is 2.39. The Balaban J connectivity index is 1.66. The van der Waals surface area contributed by atoms with Crippen molar-refractivity contribution >= 4 is 28.2 Å². The maximum Gasteiger partial charge on any atom is 0.257 e. The smallest absolute Gasteiger partial charge is 0.257 e. The Morgan fingerprint density at radius 1 is 1.15 bits per heavy atom. The highest BCUT2D eigenvalue weighted by Gasteiger charge is 2.30. The number of hydrogen-bond donors (Lipinski definition) is 1. The fourth-order valence-corrected chi connectivity index (χ4v) is 4.89. The van der Waals surface area contributed by atoms with Crippen LogP contribution in [0.15, 0.2) is 24.3 Å². The number of aryl methyl sites for hydroxylation is 1. The van der Waals surface area contributed by atoms with E-state index >= 15 is 0 Å². The fraction of sp³-hybridized carbons (Fsp3) is 0.400. The maximum atomic E-state index is 13.5. The van der Waals surface area contributed by atoms with Crippen LogP contribution in [0.5, 0.6) is 0 Å². The maximum absolute atomic E-state index is 13.5. The van der Waals surface area contributed by atoms with Gasteiger partial charge in [-0.1, -0.05) is 6.07 Å². The fourth-order valence-electron chi connectivity index (χ4n) is 3.61. The molecule has 7 heteroatoms. The number of anilines is 1. The molecule has 0 bridgehead atoms. The lowest BCUT2D eigenvalue weighted by molar-refractivity contribution is 0.0303. The molecule has 0 saturated carbocycles. The van der Waals surface area contributed by atoms with Gasteiger partial charge in [-0.2, -0.15) is 0 Å². The molecule has 0 spiro atoms. The summed E-state index contributed by atoms with van der Waals surface area (Å²) in [4.78, 5) is 28.8. The third-order valence-corrected chi connectivity index (χ3v) is 6.20. The molecule has 142 valence electrons. The molecule has 2 amide bonds. The van der Waals surface area contributed by atoms with E-state index in [0.29, 0.717) is 36.9 Å². The predicted molar refractivity (Wildman–Crippen MR) is 102 cm³/mol. The normalized spacial score (nSPS) is 16.7. The number of ether oxygens (including phenoxy) is 1. The predicted octanol–water partition coefficient (Wildman–Crippen LogP) is 3.49. The highest BCUT2D eigenvalue weighted by atomic mass is 32.1. The lowest BCUT2D eigenvalue weighted by Gasteiger charge is -2.27. The molecule has 1 aromatic carbocycles. The lowest BCUT2D eigenvalue weighted by Crippen LogP contribution is -2.41. The number of rotatable bonds is 3. The molecule has 1 aliphatic carbocycles. The first-order valence-electron chi connectivity index (χ1n) is 9.22. The van der Waals surface area contributed by atoms with Crippen molar-refractivity contribution < 1.29 is 18.7 Å². The molecule has 0 unspecified atom stereocenters. The van der Waals surface area contributed by atoms with E-state index < -0.39 is 11.7 Å². The topological polar surface area (TPSA) is 58.6 Å². The number of benzene rings is 1. The van der Waals surface area contributed by atoms with E-state index in [4.69, 9.17) is 4.74 Å². The van der Waals surface area contributed by atoms with Crippen molar-refractivity contribution in [3.63, 3.8) is 0 Å². The van der Waals surface area contributed by atoms with Gasteiger partial charge in [0.05, 0.1) is 18.8 Å². The SMILES string of the molecule is O=C(Nc1sc2c(c1C(=O)N1CCOCC1)CCCC2)c1cccc(F)c1. The number of halogens is 1. The summed E-state index contributed by atoms with van der Waals surface area (Å²) < 4.78 is 18.8. The Labute approximate surface area is 161 Å². The molecule has 2 aromatic rings. The van der Waals surface area contributed by atoms with Gasteiger partial charge in [-0.3, -0.25) is 9.59 Å². The Bertz CT molecular complexity index is 874. The number of nitrogens with one attached hydrogen (secondary N) is 1. The molecule has 1 saturated heterocycles. The van der Waals surface area contributed by atoms with Gasteiger partial charge in [0.2, 0.25) is 0 Å².